The third-order valence-corrected chi connectivity index (χ3v) is 4.89. The van der Waals surface area contributed by atoms with Crippen molar-refractivity contribution in [2.24, 2.45) is 0 Å². The molecule has 110 valence electrons. The molecular formula is C15H21NO3S. The minimum Gasteiger partial charge on any atom is -0.387 e. The molecule has 2 rings (SSSR count). The van der Waals surface area contributed by atoms with Crippen LogP contribution in [0.3, 0.4) is 0 Å². The van der Waals surface area contributed by atoms with E-state index in [2.05, 4.69) is 19.2 Å². The van der Waals surface area contributed by atoms with Crippen molar-refractivity contribution >= 4 is 9.84 Å². The summed E-state index contributed by atoms with van der Waals surface area (Å²) in [5, 5.41) is 14.4. The molecule has 0 spiro atoms. The molecule has 0 aromatic heterocycles. The molecule has 2 unspecified atom stereocenters. The molecular weight excluding hydrogens is 274 g/mol. The number of rotatable bonds is 5. The molecule has 0 saturated carbocycles. The van der Waals surface area contributed by atoms with Crippen molar-refractivity contribution in [1.29, 1.82) is 0 Å². The van der Waals surface area contributed by atoms with E-state index >= 15 is 0 Å². The highest BCUT2D eigenvalue weighted by Gasteiger charge is 2.21. The number of aliphatic hydroxyl groups excluding tert-OH is 1. The van der Waals surface area contributed by atoms with Gasteiger partial charge in [0.1, 0.15) is 0 Å². The van der Waals surface area contributed by atoms with E-state index in [1.54, 1.807) is 6.08 Å². The number of hydrogen-bond donors (Lipinski definition) is 2. The van der Waals surface area contributed by atoms with Gasteiger partial charge in [0.05, 0.1) is 11.9 Å². The first-order valence-electron chi connectivity index (χ1n) is 6.79. The van der Waals surface area contributed by atoms with E-state index in [9.17, 15) is 13.5 Å². The van der Waals surface area contributed by atoms with Gasteiger partial charge in [0, 0.05) is 18.0 Å². The molecule has 0 aliphatic carbocycles. The number of nitrogens with one attached hydrogen (secondary N) is 1. The topological polar surface area (TPSA) is 66.4 Å². The fourth-order valence-corrected chi connectivity index (χ4v) is 3.46. The van der Waals surface area contributed by atoms with Gasteiger partial charge in [-0.15, -0.1) is 0 Å². The van der Waals surface area contributed by atoms with Gasteiger partial charge < -0.3 is 10.4 Å². The molecule has 0 amide bonds. The van der Waals surface area contributed by atoms with E-state index in [0.29, 0.717) is 12.5 Å². The van der Waals surface area contributed by atoms with Gasteiger partial charge in [-0.25, -0.2) is 8.42 Å². The van der Waals surface area contributed by atoms with E-state index in [0.717, 1.165) is 5.56 Å². The zero-order valence-corrected chi connectivity index (χ0v) is 12.6. The van der Waals surface area contributed by atoms with E-state index in [1.807, 2.05) is 24.3 Å². The molecule has 0 saturated heterocycles. The van der Waals surface area contributed by atoms with Crippen LogP contribution in [0.4, 0.5) is 0 Å². The molecule has 1 heterocycles. The van der Waals surface area contributed by atoms with Gasteiger partial charge in [0.25, 0.3) is 0 Å². The highest BCUT2D eigenvalue weighted by molar-refractivity contribution is 7.94. The second-order valence-corrected chi connectivity index (χ2v) is 7.44. The van der Waals surface area contributed by atoms with Crippen LogP contribution in [0.5, 0.6) is 0 Å². The summed E-state index contributed by atoms with van der Waals surface area (Å²) >= 11 is 0. The second kappa shape index (κ2) is 6.08. The van der Waals surface area contributed by atoms with Gasteiger partial charge in [-0.05, 0) is 17.0 Å². The molecule has 1 aliphatic rings. The maximum absolute atomic E-state index is 11.3. The first-order valence-corrected chi connectivity index (χ1v) is 8.51. The Morgan fingerprint density at radius 3 is 2.35 bits per heavy atom. The number of benzene rings is 1. The molecule has 2 N–H and O–H groups in total. The molecule has 2 atom stereocenters. The van der Waals surface area contributed by atoms with Crippen molar-refractivity contribution in [1.82, 2.24) is 5.32 Å². The molecule has 20 heavy (non-hydrogen) atoms. The van der Waals surface area contributed by atoms with Gasteiger partial charge in [0.15, 0.2) is 9.84 Å². The standard InChI is InChI=1S/C15H21NO3S/c1-11(2)12-3-5-13(6-4-12)15(17)9-16-14-7-8-20(18,19)10-14/h3-8,11,14-17H,9-10H2,1-2H3. The molecule has 0 radical (unpaired) electrons. The summed E-state index contributed by atoms with van der Waals surface area (Å²) < 4.78 is 22.5. The predicted molar refractivity (Wildman–Crippen MR) is 80.2 cm³/mol. The van der Waals surface area contributed by atoms with Gasteiger partial charge in [0.2, 0.25) is 0 Å². The van der Waals surface area contributed by atoms with Crippen molar-refractivity contribution in [3.05, 3.63) is 46.9 Å². The summed E-state index contributed by atoms with van der Waals surface area (Å²) in [5.41, 5.74) is 2.07. The molecule has 0 bridgehead atoms. The van der Waals surface area contributed by atoms with Crippen LogP contribution in [0.25, 0.3) is 0 Å². The minimum atomic E-state index is -3.05. The Hall–Kier alpha value is -1.17. The monoisotopic (exact) mass is 295 g/mol. The lowest BCUT2D eigenvalue weighted by molar-refractivity contribution is 0.173. The molecule has 1 aromatic carbocycles. The summed E-state index contributed by atoms with van der Waals surface area (Å²) in [6.07, 6.45) is 0.997. The maximum Gasteiger partial charge on any atom is 0.173 e. The quantitative estimate of drug-likeness (QED) is 0.868. The van der Waals surface area contributed by atoms with Crippen molar-refractivity contribution in [2.45, 2.75) is 31.9 Å². The second-order valence-electron chi connectivity index (χ2n) is 5.51. The fourth-order valence-electron chi connectivity index (χ4n) is 2.19. The van der Waals surface area contributed by atoms with Crippen molar-refractivity contribution in [2.75, 3.05) is 12.3 Å². The highest BCUT2D eigenvalue weighted by Crippen LogP contribution is 2.18. The Bertz CT molecular complexity index is 576. The highest BCUT2D eigenvalue weighted by atomic mass is 32.2. The molecule has 1 aromatic rings. The van der Waals surface area contributed by atoms with Crippen LogP contribution in [0, 0.1) is 0 Å². The van der Waals surface area contributed by atoms with Gasteiger partial charge in [-0.3, -0.25) is 0 Å². The minimum absolute atomic E-state index is 0.0754. The SMILES string of the molecule is CC(C)c1ccc(C(O)CNC2C=CS(=O)(=O)C2)cc1. The summed E-state index contributed by atoms with van der Waals surface area (Å²) in [7, 11) is -3.05. The van der Waals surface area contributed by atoms with Crippen LogP contribution in [-0.2, 0) is 9.84 Å². The van der Waals surface area contributed by atoms with E-state index in [1.165, 1.54) is 11.0 Å². The Balaban J connectivity index is 1.89. The van der Waals surface area contributed by atoms with E-state index in [4.69, 9.17) is 0 Å². The van der Waals surface area contributed by atoms with Crippen LogP contribution in [0.2, 0.25) is 0 Å². The molecule has 1 aliphatic heterocycles. The first kappa shape index (κ1) is 15.2. The van der Waals surface area contributed by atoms with Crippen molar-refractivity contribution < 1.29 is 13.5 Å². The fraction of sp³-hybridized carbons (Fsp3) is 0.467. The summed E-state index contributed by atoms with van der Waals surface area (Å²) in [5.74, 6) is 0.541. The number of sulfone groups is 1. The normalized spacial score (nSPS) is 22.3. The van der Waals surface area contributed by atoms with Crippen molar-refractivity contribution in [3.8, 4) is 0 Å². The Morgan fingerprint density at radius 2 is 1.85 bits per heavy atom. The summed E-state index contributed by atoms with van der Waals surface area (Å²) in [4.78, 5) is 0. The third-order valence-electron chi connectivity index (χ3n) is 3.49. The summed E-state index contributed by atoms with van der Waals surface area (Å²) in [6, 6.07) is 7.67. The van der Waals surface area contributed by atoms with E-state index in [-0.39, 0.29) is 11.8 Å². The average Bonchev–Trinajstić information content (AvgIpc) is 2.75. The smallest absolute Gasteiger partial charge is 0.173 e. The van der Waals surface area contributed by atoms with Crippen LogP contribution in [0.1, 0.15) is 37.0 Å². The van der Waals surface area contributed by atoms with Gasteiger partial charge in [-0.1, -0.05) is 44.2 Å². The predicted octanol–water partition coefficient (Wildman–Crippen LogP) is 1.74. The van der Waals surface area contributed by atoms with Crippen LogP contribution in [0.15, 0.2) is 35.7 Å². The Labute approximate surface area is 120 Å². The lowest BCUT2D eigenvalue weighted by Crippen LogP contribution is -2.33. The molecule has 4 nitrogen and oxygen atoms in total. The molecule has 0 fully saturated rings. The zero-order chi connectivity index (χ0) is 14.8. The number of hydrogen-bond acceptors (Lipinski definition) is 4. The van der Waals surface area contributed by atoms with E-state index < -0.39 is 15.9 Å². The lowest BCUT2D eigenvalue weighted by Gasteiger charge is -2.16. The maximum atomic E-state index is 11.3. The molecule has 5 heteroatoms. The average molecular weight is 295 g/mol. The largest absolute Gasteiger partial charge is 0.387 e. The third kappa shape index (κ3) is 3.91. The van der Waals surface area contributed by atoms with Crippen LogP contribution < -0.4 is 5.32 Å². The zero-order valence-electron chi connectivity index (χ0n) is 11.8. The Kier molecular flexibility index (Phi) is 4.62. The van der Waals surface area contributed by atoms with Crippen LogP contribution >= 0.6 is 0 Å². The van der Waals surface area contributed by atoms with Crippen molar-refractivity contribution in [3.63, 3.8) is 0 Å². The van der Waals surface area contributed by atoms with Gasteiger partial charge in [-0.2, -0.15) is 0 Å². The van der Waals surface area contributed by atoms with Gasteiger partial charge >= 0.3 is 0 Å². The number of aliphatic hydroxyl groups is 1. The Morgan fingerprint density at radius 1 is 1.25 bits per heavy atom. The summed E-state index contributed by atoms with van der Waals surface area (Å²) in [6.45, 7) is 4.59. The van der Waals surface area contributed by atoms with Crippen LogP contribution in [-0.4, -0.2) is 31.9 Å². The first-order chi connectivity index (χ1) is 9.37. The lowest BCUT2D eigenvalue weighted by atomic mass is 10.00.